The smallest absolute Gasteiger partial charge is 0.258 e. The Hall–Kier alpha value is -3.33. The van der Waals surface area contributed by atoms with Crippen LogP contribution in [0.2, 0.25) is 0 Å². The van der Waals surface area contributed by atoms with Gasteiger partial charge in [0.2, 0.25) is 5.88 Å². The molecule has 1 saturated heterocycles. The first-order chi connectivity index (χ1) is 13.6. The summed E-state index contributed by atoms with van der Waals surface area (Å²) in [5.41, 5.74) is 0.751. The van der Waals surface area contributed by atoms with Crippen molar-refractivity contribution in [3.8, 4) is 11.6 Å². The zero-order valence-electron chi connectivity index (χ0n) is 14.6. The fourth-order valence-corrected chi connectivity index (χ4v) is 2.77. The van der Waals surface area contributed by atoms with Crippen LogP contribution in [-0.4, -0.2) is 40.0 Å². The highest BCUT2D eigenvalue weighted by atomic mass is 19.1. The molecule has 3 heterocycles. The van der Waals surface area contributed by atoms with Gasteiger partial charge in [-0.3, -0.25) is 4.79 Å². The first kappa shape index (κ1) is 18.1. The number of benzene rings is 1. The lowest BCUT2D eigenvalue weighted by Crippen LogP contribution is -2.17. The number of carbonyl (C=O) groups is 1. The molecule has 1 unspecified atom stereocenters. The van der Waals surface area contributed by atoms with E-state index in [2.05, 4.69) is 15.4 Å². The van der Waals surface area contributed by atoms with Gasteiger partial charge in [-0.15, -0.1) is 0 Å². The van der Waals surface area contributed by atoms with Crippen LogP contribution in [0.1, 0.15) is 16.8 Å². The number of amides is 1. The van der Waals surface area contributed by atoms with Crippen LogP contribution >= 0.6 is 0 Å². The summed E-state index contributed by atoms with van der Waals surface area (Å²) in [5.74, 6) is -1.51. The van der Waals surface area contributed by atoms with Gasteiger partial charge < -0.3 is 14.8 Å². The zero-order chi connectivity index (χ0) is 19.5. The molecule has 1 N–H and O–H groups in total. The van der Waals surface area contributed by atoms with Crippen LogP contribution in [0.15, 0.2) is 48.9 Å². The molecule has 0 aliphatic carbocycles. The number of nitrogens with zero attached hydrogens (tertiary/aromatic N) is 3. The molecular formula is C19H16F2N4O3. The number of hydrogen-bond acceptors (Lipinski definition) is 5. The van der Waals surface area contributed by atoms with Gasteiger partial charge >= 0.3 is 0 Å². The zero-order valence-corrected chi connectivity index (χ0v) is 14.6. The normalized spacial score (nSPS) is 16.1. The van der Waals surface area contributed by atoms with Gasteiger partial charge in [0.25, 0.3) is 5.91 Å². The molecule has 144 valence electrons. The average molecular weight is 386 g/mol. The molecule has 0 bridgehead atoms. The van der Waals surface area contributed by atoms with E-state index in [4.69, 9.17) is 9.47 Å². The summed E-state index contributed by atoms with van der Waals surface area (Å²) in [6.45, 7) is 1.16. The second kappa shape index (κ2) is 7.73. The van der Waals surface area contributed by atoms with Gasteiger partial charge in [0, 0.05) is 36.6 Å². The Labute approximate surface area is 158 Å². The number of carbonyl (C=O) groups excluding carboxylic acids is 1. The van der Waals surface area contributed by atoms with E-state index in [1.165, 1.54) is 29.3 Å². The quantitative estimate of drug-likeness (QED) is 0.730. The van der Waals surface area contributed by atoms with Crippen LogP contribution in [0.4, 0.5) is 14.5 Å². The molecule has 1 aliphatic heterocycles. The topological polar surface area (TPSA) is 78.3 Å². The number of anilines is 1. The SMILES string of the molecule is O=C(Nc1ccnc(OC2CCOC2)c1)c1cnn(-c2ccc(F)cc2F)c1. The number of aromatic nitrogens is 3. The van der Waals surface area contributed by atoms with E-state index in [1.807, 2.05) is 0 Å². The maximum absolute atomic E-state index is 13.9. The monoisotopic (exact) mass is 386 g/mol. The van der Waals surface area contributed by atoms with Crippen molar-refractivity contribution in [1.29, 1.82) is 0 Å². The van der Waals surface area contributed by atoms with Crippen LogP contribution in [0.5, 0.6) is 5.88 Å². The molecule has 1 atom stereocenters. The van der Waals surface area contributed by atoms with Crippen molar-refractivity contribution in [3.63, 3.8) is 0 Å². The highest BCUT2D eigenvalue weighted by Crippen LogP contribution is 2.19. The van der Waals surface area contributed by atoms with Gasteiger partial charge in [-0.1, -0.05) is 0 Å². The van der Waals surface area contributed by atoms with Crippen LogP contribution in [0, 0.1) is 11.6 Å². The van der Waals surface area contributed by atoms with Crippen LogP contribution in [0.3, 0.4) is 0 Å². The third-order valence-electron chi connectivity index (χ3n) is 4.17. The Bertz CT molecular complexity index is 1000. The molecule has 1 aromatic carbocycles. The van der Waals surface area contributed by atoms with E-state index in [9.17, 15) is 13.6 Å². The van der Waals surface area contributed by atoms with Crippen molar-refractivity contribution in [3.05, 3.63) is 66.1 Å². The first-order valence-corrected chi connectivity index (χ1v) is 8.60. The van der Waals surface area contributed by atoms with Crippen molar-refractivity contribution in [2.24, 2.45) is 0 Å². The van der Waals surface area contributed by atoms with Crippen molar-refractivity contribution in [2.45, 2.75) is 12.5 Å². The molecule has 1 amide bonds. The number of nitrogens with one attached hydrogen (secondary N) is 1. The van der Waals surface area contributed by atoms with E-state index in [1.54, 1.807) is 12.1 Å². The fraction of sp³-hybridized carbons (Fsp3) is 0.211. The molecule has 2 aromatic heterocycles. The Morgan fingerprint density at radius 2 is 2.18 bits per heavy atom. The number of rotatable bonds is 5. The van der Waals surface area contributed by atoms with E-state index in [-0.39, 0.29) is 17.4 Å². The number of hydrogen-bond donors (Lipinski definition) is 1. The van der Waals surface area contributed by atoms with Gasteiger partial charge in [0.1, 0.15) is 17.6 Å². The Kier molecular flexibility index (Phi) is 4.98. The van der Waals surface area contributed by atoms with Gasteiger partial charge in [-0.25, -0.2) is 18.4 Å². The largest absolute Gasteiger partial charge is 0.472 e. The summed E-state index contributed by atoms with van der Waals surface area (Å²) in [6.07, 6.45) is 4.92. The predicted molar refractivity (Wildman–Crippen MR) is 95.5 cm³/mol. The van der Waals surface area contributed by atoms with Crippen molar-refractivity contribution < 1.29 is 23.0 Å². The third kappa shape index (κ3) is 3.99. The maximum Gasteiger partial charge on any atom is 0.258 e. The van der Waals surface area contributed by atoms with Crippen LogP contribution in [-0.2, 0) is 4.74 Å². The highest BCUT2D eigenvalue weighted by molar-refractivity contribution is 6.04. The van der Waals surface area contributed by atoms with Gasteiger partial charge in [0.05, 0.1) is 25.0 Å². The van der Waals surface area contributed by atoms with E-state index in [0.717, 1.165) is 18.6 Å². The lowest BCUT2D eigenvalue weighted by atomic mass is 10.3. The Morgan fingerprint density at radius 3 is 2.96 bits per heavy atom. The minimum atomic E-state index is -0.776. The van der Waals surface area contributed by atoms with Gasteiger partial charge in [-0.2, -0.15) is 5.10 Å². The van der Waals surface area contributed by atoms with E-state index < -0.39 is 17.5 Å². The lowest BCUT2D eigenvalue weighted by molar-refractivity contribution is 0.102. The number of pyridine rings is 1. The van der Waals surface area contributed by atoms with Crippen molar-refractivity contribution >= 4 is 11.6 Å². The van der Waals surface area contributed by atoms with Crippen molar-refractivity contribution in [1.82, 2.24) is 14.8 Å². The second-order valence-electron chi connectivity index (χ2n) is 6.21. The molecule has 3 aromatic rings. The molecule has 7 nitrogen and oxygen atoms in total. The number of halogens is 2. The summed E-state index contributed by atoms with van der Waals surface area (Å²) in [7, 11) is 0. The van der Waals surface area contributed by atoms with Gasteiger partial charge in [0.15, 0.2) is 5.82 Å². The minimum Gasteiger partial charge on any atom is -0.472 e. The maximum atomic E-state index is 13.9. The van der Waals surface area contributed by atoms with E-state index >= 15 is 0 Å². The summed E-state index contributed by atoms with van der Waals surface area (Å²) in [6, 6.07) is 6.36. The average Bonchev–Trinajstić information content (AvgIpc) is 3.34. The molecule has 1 aliphatic rings. The molecule has 9 heteroatoms. The molecular weight excluding hydrogens is 370 g/mol. The lowest BCUT2D eigenvalue weighted by Gasteiger charge is -2.11. The van der Waals surface area contributed by atoms with E-state index in [0.29, 0.717) is 24.8 Å². The molecule has 0 spiro atoms. The van der Waals surface area contributed by atoms with Crippen LogP contribution < -0.4 is 10.1 Å². The fourth-order valence-electron chi connectivity index (χ4n) is 2.77. The van der Waals surface area contributed by atoms with Gasteiger partial charge in [-0.05, 0) is 18.2 Å². The Balaban J connectivity index is 1.46. The standard InChI is InChI=1S/C19H16F2N4O3/c20-13-1-2-17(16(21)7-13)25-10-12(9-23-25)19(26)24-14-3-5-22-18(8-14)28-15-4-6-27-11-15/h1-3,5,7-10,15H,4,6,11H2,(H,22,24,26). The second-order valence-corrected chi connectivity index (χ2v) is 6.21. The minimum absolute atomic E-state index is 0.0406. The van der Waals surface area contributed by atoms with Crippen molar-refractivity contribution in [2.75, 3.05) is 18.5 Å². The summed E-state index contributed by atoms with van der Waals surface area (Å²) in [4.78, 5) is 16.6. The third-order valence-corrected chi connectivity index (χ3v) is 4.17. The summed E-state index contributed by atoms with van der Waals surface area (Å²) < 4.78 is 39.1. The number of ether oxygens (including phenoxy) is 2. The summed E-state index contributed by atoms with van der Waals surface area (Å²) in [5, 5.41) is 6.68. The highest BCUT2D eigenvalue weighted by Gasteiger charge is 2.18. The molecule has 0 saturated carbocycles. The molecule has 0 radical (unpaired) electrons. The summed E-state index contributed by atoms with van der Waals surface area (Å²) >= 11 is 0. The molecule has 28 heavy (non-hydrogen) atoms. The first-order valence-electron chi connectivity index (χ1n) is 8.60. The molecule has 4 rings (SSSR count). The van der Waals surface area contributed by atoms with Crippen LogP contribution in [0.25, 0.3) is 5.69 Å². The Morgan fingerprint density at radius 1 is 1.29 bits per heavy atom. The predicted octanol–water partition coefficient (Wildman–Crippen LogP) is 2.97. The molecule has 1 fully saturated rings.